The summed E-state index contributed by atoms with van der Waals surface area (Å²) in [5.74, 6) is 4.83. The highest BCUT2D eigenvalue weighted by atomic mass is 19.1. The van der Waals surface area contributed by atoms with E-state index < -0.39 is 23.6 Å². The first-order valence-corrected chi connectivity index (χ1v) is 11.1. The van der Waals surface area contributed by atoms with Crippen LogP contribution in [-0.4, -0.2) is 46.9 Å². The Kier molecular flexibility index (Phi) is 7.99. The summed E-state index contributed by atoms with van der Waals surface area (Å²) in [5, 5.41) is 12.5. The summed E-state index contributed by atoms with van der Waals surface area (Å²) in [4.78, 5) is 34.5. The first-order chi connectivity index (χ1) is 16.6. The second kappa shape index (κ2) is 10.9. The van der Waals surface area contributed by atoms with Crippen molar-refractivity contribution in [3.8, 4) is 11.8 Å². The van der Waals surface area contributed by atoms with Gasteiger partial charge in [-0.2, -0.15) is 4.39 Å². The van der Waals surface area contributed by atoms with Crippen LogP contribution >= 0.6 is 0 Å². The number of carbonyl (C=O) groups excluding carboxylic acids is 2. The fraction of sp³-hybridized carbons (Fsp3) is 0.308. The lowest BCUT2D eigenvalue weighted by atomic mass is 10.0. The van der Waals surface area contributed by atoms with Crippen LogP contribution in [0.25, 0.3) is 0 Å². The predicted molar refractivity (Wildman–Crippen MR) is 132 cm³/mol. The number of benzene rings is 1. The number of urea groups is 1. The average Bonchev–Trinajstić information content (AvgIpc) is 2.93. The number of amides is 3. The number of nitrogens with zero attached hydrogens (tertiary/aromatic N) is 3. The molecule has 1 aliphatic rings. The molecular formula is C26H28FN5O3. The lowest BCUT2D eigenvalue weighted by Crippen LogP contribution is -2.46. The molecule has 0 saturated heterocycles. The van der Waals surface area contributed by atoms with Gasteiger partial charge in [0.2, 0.25) is 11.9 Å². The van der Waals surface area contributed by atoms with E-state index in [-0.39, 0.29) is 5.91 Å². The molecule has 0 fully saturated rings. The van der Waals surface area contributed by atoms with Crippen LogP contribution in [0.3, 0.4) is 0 Å². The number of fused-ring (bicyclic) bond motifs is 1. The van der Waals surface area contributed by atoms with Crippen LogP contribution in [-0.2, 0) is 17.6 Å². The third-order valence-corrected chi connectivity index (χ3v) is 5.35. The SMILES string of the molecule is CN1C(=O)C(NC(=O)N=CC(=CN)Cc2ccc(F)nc2)CCc2ccc(C#CC(C)(C)O)cc21. The van der Waals surface area contributed by atoms with E-state index in [1.807, 2.05) is 12.1 Å². The van der Waals surface area contributed by atoms with Crippen molar-refractivity contribution in [2.45, 2.75) is 44.8 Å². The number of rotatable bonds is 4. The van der Waals surface area contributed by atoms with Crippen molar-refractivity contribution >= 4 is 23.8 Å². The summed E-state index contributed by atoms with van der Waals surface area (Å²) in [5.41, 5.74) is 8.08. The molecule has 0 aliphatic carbocycles. The summed E-state index contributed by atoms with van der Waals surface area (Å²) >= 11 is 0. The number of halogens is 1. The van der Waals surface area contributed by atoms with Crippen molar-refractivity contribution in [2.75, 3.05) is 11.9 Å². The number of aliphatic imine (C=N–C) groups is 1. The molecule has 2 aromatic rings. The highest BCUT2D eigenvalue weighted by molar-refractivity contribution is 6.01. The lowest BCUT2D eigenvalue weighted by molar-refractivity contribution is -0.120. The molecule has 3 amide bonds. The van der Waals surface area contributed by atoms with Crippen LogP contribution in [0.5, 0.6) is 0 Å². The quantitative estimate of drug-likeness (QED) is 0.355. The maximum Gasteiger partial charge on any atom is 0.341 e. The maximum absolute atomic E-state index is 13.0. The van der Waals surface area contributed by atoms with Crippen molar-refractivity contribution in [3.63, 3.8) is 0 Å². The third-order valence-electron chi connectivity index (χ3n) is 5.35. The molecule has 2 heterocycles. The van der Waals surface area contributed by atoms with Crippen LogP contribution in [0, 0.1) is 17.8 Å². The van der Waals surface area contributed by atoms with Gasteiger partial charge in [0.15, 0.2) is 0 Å². The number of nitrogens with one attached hydrogen (secondary N) is 1. The van der Waals surface area contributed by atoms with Crippen molar-refractivity contribution in [1.82, 2.24) is 10.3 Å². The van der Waals surface area contributed by atoms with E-state index in [4.69, 9.17) is 5.73 Å². The van der Waals surface area contributed by atoms with Gasteiger partial charge in [-0.05, 0) is 67.8 Å². The molecule has 1 aromatic heterocycles. The Morgan fingerprint density at radius 1 is 1.40 bits per heavy atom. The van der Waals surface area contributed by atoms with Crippen LogP contribution < -0.4 is 16.0 Å². The minimum Gasteiger partial charge on any atom is -0.404 e. The number of hydrogen-bond donors (Lipinski definition) is 3. The van der Waals surface area contributed by atoms with Gasteiger partial charge in [0.25, 0.3) is 0 Å². The molecule has 0 spiro atoms. The van der Waals surface area contributed by atoms with E-state index in [9.17, 15) is 19.1 Å². The molecule has 4 N–H and O–H groups in total. The zero-order valence-electron chi connectivity index (χ0n) is 19.9. The minimum absolute atomic E-state index is 0.271. The molecule has 3 rings (SSSR count). The molecule has 1 atom stereocenters. The Bertz CT molecular complexity index is 1220. The van der Waals surface area contributed by atoms with Gasteiger partial charge in [0.1, 0.15) is 11.6 Å². The number of aromatic nitrogens is 1. The average molecular weight is 478 g/mol. The Labute approximate surface area is 203 Å². The zero-order chi connectivity index (χ0) is 25.6. The molecule has 1 aromatic carbocycles. The Hall–Kier alpha value is -4.03. The molecule has 8 nitrogen and oxygen atoms in total. The molecule has 182 valence electrons. The second-order valence-corrected chi connectivity index (χ2v) is 8.76. The summed E-state index contributed by atoms with van der Waals surface area (Å²) in [6.45, 7) is 3.20. The molecule has 0 radical (unpaired) electrons. The van der Waals surface area contributed by atoms with Gasteiger partial charge in [0.05, 0.1) is 0 Å². The standard InChI is InChI=1S/C26H28FN5O3/c1-26(2,35)11-10-17-4-6-20-7-8-21(24(33)32(3)22(20)13-17)31-25(34)30-16-19(14-28)12-18-5-9-23(27)29-15-18/h4-6,9,13-16,21,35H,7-8,12,28H2,1-3H3,(H,31,34). The molecule has 9 heteroatoms. The number of pyridine rings is 1. The molecule has 35 heavy (non-hydrogen) atoms. The van der Waals surface area contributed by atoms with Crippen LogP contribution in [0.4, 0.5) is 14.9 Å². The number of anilines is 1. The summed E-state index contributed by atoms with van der Waals surface area (Å²) in [7, 11) is 1.65. The minimum atomic E-state index is -1.13. The van der Waals surface area contributed by atoms with Gasteiger partial charge in [-0.3, -0.25) is 4.79 Å². The maximum atomic E-state index is 13.0. The molecular weight excluding hydrogens is 449 g/mol. The number of aryl methyl sites for hydroxylation is 1. The van der Waals surface area contributed by atoms with E-state index in [1.54, 1.807) is 33.0 Å². The topological polar surface area (TPSA) is 121 Å². The summed E-state index contributed by atoms with van der Waals surface area (Å²) in [6, 6.07) is 6.93. The molecule has 1 aliphatic heterocycles. The monoisotopic (exact) mass is 477 g/mol. The lowest BCUT2D eigenvalue weighted by Gasteiger charge is -2.21. The normalized spacial score (nSPS) is 16.4. The van der Waals surface area contributed by atoms with E-state index >= 15 is 0 Å². The van der Waals surface area contributed by atoms with E-state index in [2.05, 4.69) is 27.1 Å². The predicted octanol–water partition coefficient (Wildman–Crippen LogP) is 2.49. The smallest absolute Gasteiger partial charge is 0.341 e. The van der Waals surface area contributed by atoms with E-state index in [0.29, 0.717) is 41.6 Å². The number of allylic oxidation sites excluding steroid dienone is 1. The van der Waals surface area contributed by atoms with Gasteiger partial charge in [-0.25, -0.2) is 14.8 Å². The highest BCUT2D eigenvalue weighted by Gasteiger charge is 2.29. The van der Waals surface area contributed by atoms with Crippen molar-refractivity contribution in [1.29, 1.82) is 0 Å². The Balaban J connectivity index is 1.67. The van der Waals surface area contributed by atoms with Gasteiger partial charge in [0, 0.05) is 37.1 Å². The number of likely N-dealkylation sites (N-methyl/N-ethyl adjacent to an activating group) is 1. The van der Waals surface area contributed by atoms with Gasteiger partial charge in [-0.15, -0.1) is 0 Å². The first kappa shape index (κ1) is 25.6. The van der Waals surface area contributed by atoms with Crippen molar-refractivity contribution in [3.05, 3.63) is 70.9 Å². The number of carbonyl (C=O) groups is 2. The number of nitrogens with two attached hydrogens (primary N) is 1. The highest BCUT2D eigenvalue weighted by Crippen LogP contribution is 2.27. The number of hydrogen-bond acceptors (Lipinski definition) is 5. The molecule has 0 bridgehead atoms. The largest absolute Gasteiger partial charge is 0.404 e. The summed E-state index contributed by atoms with van der Waals surface area (Å²) in [6.07, 6.45) is 5.30. The second-order valence-electron chi connectivity index (χ2n) is 8.76. The van der Waals surface area contributed by atoms with E-state index in [0.717, 1.165) is 5.56 Å². The van der Waals surface area contributed by atoms with Crippen molar-refractivity contribution in [2.24, 2.45) is 10.7 Å². The van der Waals surface area contributed by atoms with Gasteiger partial charge >= 0.3 is 6.03 Å². The molecule has 0 saturated carbocycles. The van der Waals surface area contributed by atoms with Crippen LogP contribution in [0.15, 0.2) is 53.3 Å². The van der Waals surface area contributed by atoms with E-state index in [1.165, 1.54) is 29.6 Å². The van der Waals surface area contributed by atoms with Gasteiger partial charge in [-0.1, -0.05) is 24.0 Å². The zero-order valence-corrected chi connectivity index (χ0v) is 19.9. The Morgan fingerprint density at radius 3 is 2.83 bits per heavy atom. The van der Waals surface area contributed by atoms with Gasteiger partial charge < -0.3 is 21.1 Å². The fourth-order valence-corrected chi connectivity index (χ4v) is 3.52. The molecule has 1 unspecified atom stereocenters. The fourth-order valence-electron chi connectivity index (χ4n) is 3.52. The third kappa shape index (κ3) is 7.22. The van der Waals surface area contributed by atoms with Crippen molar-refractivity contribution < 1.29 is 19.1 Å². The first-order valence-electron chi connectivity index (χ1n) is 11.1. The summed E-state index contributed by atoms with van der Waals surface area (Å²) < 4.78 is 13.0. The van der Waals surface area contributed by atoms with Crippen LogP contribution in [0.2, 0.25) is 0 Å². The Morgan fingerprint density at radius 2 is 2.17 bits per heavy atom. The number of aliphatic hydroxyl groups is 1. The van der Waals surface area contributed by atoms with Crippen LogP contribution in [0.1, 0.15) is 37.0 Å².